The van der Waals surface area contributed by atoms with Crippen LogP contribution in [0.25, 0.3) is 0 Å². The van der Waals surface area contributed by atoms with Crippen molar-refractivity contribution < 1.29 is 13.2 Å². The molecule has 0 aromatic heterocycles. The minimum absolute atomic E-state index is 0.0144. The number of hydrogen-bond donors (Lipinski definition) is 2. The van der Waals surface area contributed by atoms with Crippen molar-refractivity contribution in [2.75, 3.05) is 23.3 Å². The number of nitrogens with two attached hydrogens (primary N) is 1. The van der Waals surface area contributed by atoms with Crippen LogP contribution in [0.1, 0.15) is 6.92 Å². The Morgan fingerprint density at radius 3 is 2.67 bits per heavy atom. The van der Waals surface area contributed by atoms with Crippen LogP contribution in [0.5, 0.6) is 5.75 Å². The van der Waals surface area contributed by atoms with Crippen molar-refractivity contribution >= 4 is 21.4 Å². The number of methoxy groups -OCH3 is 1. The van der Waals surface area contributed by atoms with Crippen LogP contribution in [0.4, 0.5) is 11.4 Å². The van der Waals surface area contributed by atoms with E-state index in [0.717, 1.165) is 0 Å². The fourth-order valence-corrected chi connectivity index (χ4v) is 1.68. The second-order valence-corrected chi connectivity index (χ2v) is 4.98. The van der Waals surface area contributed by atoms with E-state index in [-0.39, 0.29) is 5.75 Å². The molecule has 0 aliphatic heterocycles. The molecular weight excluding hydrogens is 216 g/mol. The van der Waals surface area contributed by atoms with Crippen molar-refractivity contribution in [1.82, 2.24) is 0 Å². The van der Waals surface area contributed by atoms with Gasteiger partial charge < -0.3 is 10.5 Å². The third kappa shape index (κ3) is 3.02. The predicted octanol–water partition coefficient (Wildman–Crippen LogP) is 1.04. The number of ether oxygens (including phenoxy) is 1. The van der Waals surface area contributed by atoms with E-state index in [1.165, 1.54) is 7.11 Å². The molecule has 84 valence electrons. The number of benzene rings is 1. The molecule has 1 aromatic rings. The zero-order valence-corrected chi connectivity index (χ0v) is 9.47. The number of anilines is 2. The van der Waals surface area contributed by atoms with Crippen LogP contribution in [0, 0.1) is 0 Å². The van der Waals surface area contributed by atoms with Gasteiger partial charge in [-0.3, -0.25) is 4.72 Å². The Labute approximate surface area is 89.3 Å². The highest BCUT2D eigenvalue weighted by molar-refractivity contribution is 7.92. The molecule has 1 aromatic carbocycles. The Bertz CT molecular complexity index is 443. The molecule has 0 radical (unpaired) electrons. The molecule has 15 heavy (non-hydrogen) atoms. The summed E-state index contributed by atoms with van der Waals surface area (Å²) in [4.78, 5) is 0. The summed E-state index contributed by atoms with van der Waals surface area (Å²) in [6, 6.07) is 4.74. The zero-order valence-electron chi connectivity index (χ0n) is 8.65. The Morgan fingerprint density at radius 2 is 2.13 bits per heavy atom. The van der Waals surface area contributed by atoms with Crippen LogP contribution in [0.15, 0.2) is 18.2 Å². The highest BCUT2D eigenvalue weighted by atomic mass is 32.2. The van der Waals surface area contributed by atoms with E-state index in [0.29, 0.717) is 17.1 Å². The molecule has 0 spiro atoms. The van der Waals surface area contributed by atoms with Gasteiger partial charge in [0.05, 0.1) is 18.6 Å². The van der Waals surface area contributed by atoms with Gasteiger partial charge in [0.15, 0.2) is 0 Å². The number of nitrogens with one attached hydrogen (secondary N) is 1. The lowest BCUT2D eigenvalue weighted by Crippen LogP contribution is -2.15. The van der Waals surface area contributed by atoms with Gasteiger partial charge in [0.25, 0.3) is 0 Å². The molecule has 0 bridgehead atoms. The lowest BCUT2D eigenvalue weighted by Gasteiger charge is -2.11. The summed E-state index contributed by atoms with van der Waals surface area (Å²) in [6.45, 7) is 1.56. The average molecular weight is 230 g/mol. The van der Waals surface area contributed by atoms with Gasteiger partial charge in [-0.25, -0.2) is 8.42 Å². The van der Waals surface area contributed by atoms with E-state index in [1.807, 2.05) is 0 Å². The molecule has 0 saturated heterocycles. The monoisotopic (exact) mass is 230 g/mol. The third-order valence-electron chi connectivity index (χ3n) is 1.87. The van der Waals surface area contributed by atoms with Crippen LogP contribution < -0.4 is 15.2 Å². The molecule has 0 amide bonds. The molecule has 0 unspecified atom stereocenters. The topological polar surface area (TPSA) is 81.4 Å². The van der Waals surface area contributed by atoms with Crippen molar-refractivity contribution in [1.29, 1.82) is 0 Å². The summed E-state index contributed by atoms with van der Waals surface area (Å²) in [7, 11) is -1.83. The Hall–Kier alpha value is -1.43. The van der Waals surface area contributed by atoms with Crippen LogP contribution in [-0.2, 0) is 10.0 Å². The van der Waals surface area contributed by atoms with Crippen molar-refractivity contribution in [3.05, 3.63) is 18.2 Å². The maximum atomic E-state index is 11.3. The quantitative estimate of drug-likeness (QED) is 0.757. The molecular formula is C9H14N2O3S. The van der Waals surface area contributed by atoms with Crippen LogP contribution in [-0.4, -0.2) is 21.3 Å². The fourth-order valence-electron chi connectivity index (χ4n) is 1.03. The first kappa shape index (κ1) is 11.6. The highest BCUT2D eigenvalue weighted by Crippen LogP contribution is 2.27. The maximum absolute atomic E-state index is 11.3. The smallest absolute Gasteiger partial charge is 0.232 e. The summed E-state index contributed by atoms with van der Waals surface area (Å²) in [5.74, 6) is 0.424. The van der Waals surface area contributed by atoms with E-state index in [2.05, 4.69) is 4.72 Å². The SMILES string of the molecule is CCS(=O)(=O)Nc1ccc(N)cc1OC. The van der Waals surface area contributed by atoms with E-state index < -0.39 is 10.0 Å². The summed E-state index contributed by atoms with van der Waals surface area (Å²) < 4.78 is 30.1. The first-order valence-corrected chi connectivity index (χ1v) is 6.07. The fraction of sp³-hybridized carbons (Fsp3) is 0.333. The van der Waals surface area contributed by atoms with Gasteiger partial charge in [-0.1, -0.05) is 0 Å². The number of rotatable bonds is 4. The molecule has 3 N–H and O–H groups in total. The Morgan fingerprint density at radius 1 is 1.47 bits per heavy atom. The second kappa shape index (κ2) is 4.39. The second-order valence-electron chi connectivity index (χ2n) is 2.97. The predicted molar refractivity (Wildman–Crippen MR) is 60.5 cm³/mol. The zero-order chi connectivity index (χ0) is 11.5. The molecule has 0 heterocycles. The molecule has 0 aliphatic carbocycles. The summed E-state index contributed by atoms with van der Waals surface area (Å²) in [5.41, 5.74) is 6.46. The standard InChI is InChI=1S/C9H14N2O3S/c1-3-15(12,13)11-8-5-4-7(10)6-9(8)14-2/h4-6,11H,3,10H2,1-2H3. The lowest BCUT2D eigenvalue weighted by atomic mass is 10.2. The molecule has 1 rings (SSSR count). The van der Waals surface area contributed by atoms with Crippen molar-refractivity contribution in [3.8, 4) is 5.75 Å². The van der Waals surface area contributed by atoms with E-state index in [9.17, 15) is 8.42 Å². The Balaban J connectivity index is 3.05. The first-order chi connectivity index (χ1) is 6.98. The van der Waals surface area contributed by atoms with Crippen molar-refractivity contribution in [2.45, 2.75) is 6.92 Å². The molecule has 5 nitrogen and oxygen atoms in total. The molecule has 0 atom stereocenters. The van der Waals surface area contributed by atoms with Gasteiger partial charge in [-0.2, -0.15) is 0 Å². The maximum Gasteiger partial charge on any atom is 0.232 e. The number of sulfonamides is 1. The van der Waals surface area contributed by atoms with Crippen molar-refractivity contribution in [3.63, 3.8) is 0 Å². The first-order valence-electron chi connectivity index (χ1n) is 4.42. The van der Waals surface area contributed by atoms with Gasteiger partial charge in [-0.15, -0.1) is 0 Å². The number of hydrogen-bond acceptors (Lipinski definition) is 4. The lowest BCUT2D eigenvalue weighted by molar-refractivity contribution is 0.417. The molecule has 0 fully saturated rings. The summed E-state index contributed by atoms with van der Waals surface area (Å²) >= 11 is 0. The van der Waals surface area contributed by atoms with Crippen LogP contribution in [0.3, 0.4) is 0 Å². The van der Waals surface area contributed by atoms with Gasteiger partial charge in [0.1, 0.15) is 5.75 Å². The summed E-state index contributed by atoms with van der Waals surface area (Å²) in [6.07, 6.45) is 0. The van der Waals surface area contributed by atoms with E-state index in [4.69, 9.17) is 10.5 Å². The van der Waals surface area contributed by atoms with Gasteiger partial charge in [0, 0.05) is 11.8 Å². The largest absolute Gasteiger partial charge is 0.494 e. The normalized spacial score (nSPS) is 11.1. The third-order valence-corrected chi connectivity index (χ3v) is 3.16. The molecule has 0 saturated carbocycles. The minimum atomic E-state index is -3.29. The Kier molecular flexibility index (Phi) is 3.41. The molecule has 0 aliphatic rings. The van der Waals surface area contributed by atoms with E-state index >= 15 is 0 Å². The van der Waals surface area contributed by atoms with Crippen molar-refractivity contribution in [2.24, 2.45) is 0 Å². The van der Waals surface area contributed by atoms with E-state index in [1.54, 1.807) is 25.1 Å². The number of nitrogen functional groups attached to an aromatic ring is 1. The minimum Gasteiger partial charge on any atom is -0.494 e. The molecule has 6 heteroatoms. The summed E-state index contributed by atoms with van der Waals surface area (Å²) in [5, 5.41) is 0. The van der Waals surface area contributed by atoms with Gasteiger partial charge >= 0.3 is 0 Å². The highest BCUT2D eigenvalue weighted by Gasteiger charge is 2.10. The average Bonchev–Trinajstić information content (AvgIpc) is 2.20. The van der Waals surface area contributed by atoms with Crippen LogP contribution in [0.2, 0.25) is 0 Å². The van der Waals surface area contributed by atoms with Gasteiger partial charge in [0.2, 0.25) is 10.0 Å². The van der Waals surface area contributed by atoms with Crippen LogP contribution >= 0.6 is 0 Å². The van der Waals surface area contributed by atoms with Gasteiger partial charge in [-0.05, 0) is 19.1 Å².